The molecule has 0 fully saturated rings. The standard InChI is InChI=1S/C7H14O4/c1-5(8)6(9)3-2-4-7(10)11/h5-6,8-9H,2-4H2,1H3,(H,10,11)/t5-,6-/m1/s1. The van der Waals surface area contributed by atoms with Crippen molar-refractivity contribution >= 4 is 5.97 Å². The van der Waals surface area contributed by atoms with Crippen molar-refractivity contribution in [2.45, 2.75) is 38.4 Å². The van der Waals surface area contributed by atoms with Crippen LogP contribution in [0, 0.1) is 0 Å². The molecule has 0 aliphatic heterocycles. The van der Waals surface area contributed by atoms with Gasteiger partial charge in [-0.25, -0.2) is 0 Å². The molecular formula is C7H14O4. The number of rotatable bonds is 5. The highest BCUT2D eigenvalue weighted by Gasteiger charge is 2.10. The molecule has 3 N–H and O–H groups in total. The first-order valence-corrected chi connectivity index (χ1v) is 3.62. The second-order valence-electron chi connectivity index (χ2n) is 2.59. The van der Waals surface area contributed by atoms with Crippen molar-refractivity contribution in [1.82, 2.24) is 0 Å². The van der Waals surface area contributed by atoms with E-state index in [1.54, 1.807) is 0 Å². The van der Waals surface area contributed by atoms with Crippen LogP contribution in [-0.4, -0.2) is 33.5 Å². The fraction of sp³-hybridized carbons (Fsp3) is 0.857. The van der Waals surface area contributed by atoms with Crippen LogP contribution in [0.4, 0.5) is 0 Å². The van der Waals surface area contributed by atoms with Crippen LogP contribution in [0.5, 0.6) is 0 Å². The Kier molecular flexibility index (Phi) is 4.81. The number of hydrogen-bond acceptors (Lipinski definition) is 3. The number of carbonyl (C=O) groups is 1. The first-order chi connectivity index (χ1) is 5.04. The van der Waals surface area contributed by atoms with Gasteiger partial charge in [0.1, 0.15) is 0 Å². The number of hydrogen-bond donors (Lipinski definition) is 3. The average molecular weight is 162 g/mol. The van der Waals surface area contributed by atoms with Crippen LogP contribution in [-0.2, 0) is 4.79 Å². The van der Waals surface area contributed by atoms with E-state index in [9.17, 15) is 4.79 Å². The van der Waals surface area contributed by atoms with Gasteiger partial charge in [-0.05, 0) is 19.8 Å². The number of carboxylic acid groups (broad SMARTS) is 1. The zero-order chi connectivity index (χ0) is 8.85. The molecule has 0 radical (unpaired) electrons. The molecule has 0 spiro atoms. The Morgan fingerprint density at radius 1 is 1.45 bits per heavy atom. The summed E-state index contributed by atoms with van der Waals surface area (Å²) >= 11 is 0. The van der Waals surface area contributed by atoms with Crippen molar-refractivity contribution < 1.29 is 20.1 Å². The summed E-state index contributed by atoms with van der Waals surface area (Å²) < 4.78 is 0. The normalized spacial score (nSPS) is 15.9. The highest BCUT2D eigenvalue weighted by molar-refractivity contribution is 5.66. The summed E-state index contributed by atoms with van der Waals surface area (Å²) in [6, 6.07) is 0. The van der Waals surface area contributed by atoms with E-state index in [1.807, 2.05) is 0 Å². The molecule has 0 aliphatic rings. The van der Waals surface area contributed by atoms with Gasteiger partial charge < -0.3 is 15.3 Å². The third-order valence-electron chi connectivity index (χ3n) is 1.45. The Hall–Kier alpha value is -0.610. The predicted molar refractivity (Wildman–Crippen MR) is 39.2 cm³/mol. The highest BCUT2D eigenvalue weighted by atomic mass is 16.4. The van der Waals surface area contributed by atoms with E-state index in [4.69, 9.17) is 15.3 Å². The van der Waals surface area contributed by atoms with E-state index in [1.165, 1.54) is 6.92 Å². The largest absolute Gasteiger partial charge is 0.481 e. The maximum absolute atomic E-state index is 10.0. The van der Waals surface area contributed by atoms with Crippen molar-refractivity contribution in [3.63, 3.8) is 0 Å². The lowest BCUT2D eigenvalue weighted by Gasteiger charge is -2.11. The van der Waals surface area contributed by atoms with Gasteiger partial charge in [0.25, 0.3) is 0 Å². The topological polar surface area (TPSA) is 77.8 Å². The van der Waals surface area contributed by atoms with Gasteiger partial charge in [-0.2, -0.15) is 0 Å². The Labute approximate surface area is 65.5 Å². The van der Waals surface area contributed by atoms with Crippen molar-refractivity contribution in [2.24, 2.45) is 0 Å². The van der Waals surface area contributed by atoms with Crippen LogP contribution < -0.4 is 0 Å². The fourth-order valence-corrected chi connectivity index (χ4v) is 0.704. The quantitative estimate of drug-likeness (QED) is 0.531. The van der Waals surface area contributed by atoms with E-state index in [0.717, 1.165) is 0 Å². The Morgan fingerprint density at radius 3 is 2.36 bits per heavy atom. The third kappa shape index (κ3) is 5.82. The van der Waals surface area contributed by atoms with Crippen molar-refractivity contribution in [2.75, 3.05) is 0 Å². The molecule has 0 aliphatic carbocycles. The van der Waals surface area contributed by atoms with Crippen LogP contribution in [0.15, 0.2) is 0 Å². The van der Waals surface area contributed by atoms with Gasteiger partial charge in [0.15, 0.2) is 0 Å². The third-order valence-corrected chi connectivity index (χ3v) is 1.45. The average Bonchev–Trinajstić information content (AvgIpc) is 1.86. The summed E-state index contributed by atoms with van der Waals surface area (Å²) in [5.74, 6) is -0.872. The van der Waals surface area contributed by atoms with Crippen LogP contribution in [0.1, 0.15) is 26.2 Å². The lowest BCUT2D eigenvalue weighted by Crippen LogP contribution is -2.22. The van der Waals surface area contributed by atoms with Gasteiger partial charge in [0.2, 0.25) is 0 Å². The molecule has 0 saturated heterocycles. The van der Waals surface area contributed by atoms with Gasteiger partial charge in [-0.1, -0.05) is 0 Å². The first-order valence-electron chi connectivity index (χ1n) is 3.62. The summed E-state index contributed by atoms with van der Waals surface area (Å²) in [5, 5.41) is 26.0. The van der Waals surface area contributed by atoms with Crippen LogP contribution >= 0.6 is 0 Å². The molecular weight excluding hydrogens is 148 g/mol. The van der Waals surface area contributed by atoms with Gasteiger partial charge in [-0.3, -0.25) is 4.79 Å². The van der Waals surface area contributed by atoms with Crippen LogP contribution in [0.25, 0.3) is 0 Å². The molecule has 0 unspecified atom stereocenters. The van der Waals surface area contributed by atoms with Gasteiger partial charge in [0, 0.05) is 6.42 Å². The SMILES string of the molecule is C[C@@H](O)[C@H](O)CCCC(=O)O. The molecule has 4 nitrogen and oxygen atoms in total. The van der Waals surface area contributed by atoms with Gasteiger partial charge in [-0.15, -0.1) is 0 Å². The molecule has 0 rings (SSSR count). The summed E-state index contributed by atoms with van der Waals surface area (Å²) in [6.07, 6.45) is -0.784. The summed E-state index contributed by atoms with van der Waals surface area (Å²) in [4.78, 5) is 10.0. The molecule has 66 valence electrons. The molecule has 0 aromatic rings. The van der Waals surface area contributed by atoms with Crippen molar-refractivity contribution in [3.8, 4) is 0 Å². The van der Waals surface area contributed by atoms with Crippen LogP contribution in [0.3, 0.4) is 0 Å². The lowest BCUT2D eigenvalue weighted by molar-refractivity contribution is -0.137. The van der Waals surface area contributed by atoms with E-state index in [0.29, 0.717) is 12.8 Å². The molecule has 2 atom stereocenters. The molecule has 0 bridgehead atoms. The van der Waals surface area contributed by atoms with Gasteiger partial charge in [0.05, 0.1) is 12.2 Å². The van der Waals surface area contributed by atoms with Crippen molar-refractivity contribution in [1.29, 1.82) is 0 Å². The molecule has 11 heavy (non-hydrogen) atoms. The molecule has 4 heteroatoms. The smallest absolute Gasteiger partial charge is 0.303 e. The summed E-state index contributed by atoms with van der Waals surface area (Å²) in [5.41, 5.74) is 0. The predicted octanol–water partition coefficient (Wildman–Crippen LogP) is -0.0170. The zero-order valence-electron chi connectivity index (χ0n) is 6.53. The molecule has 0 aromatic carbocycles. The first kappa shape index (κ1) is 10.4. The molecule has 0 saturated carbocycles. The fourth-order valence-electron chi connectivity index (χ4n) is 0.704. The number of aliphatic hydroxyl groups excluding tert-OH is 2. The monoisotopic (exact) mass is 162 g/mol. The summed E-state index contributed by atoms with van der Waals surface area (Å²) in [7, 11) is 0. The Bertz CT molecular complexity index is 122. The Balaban J connectivity index is 3.31. The lowest BCUT2D eigenvalue weighted by atomic mass is 10.1. The second kappa shape index (κ2) is 5.09. The number of aliphatic hydroxyl groups is 2. The number of aliphatic carboxylic acids is 1. The highest BCUT2D eigenvalue weighted by Crippen LogP contribution is 2.04. The maximum atomic E-state index is 10.0. The minimum absolute atomic E-state index is 0.0454. The number of carboxylic acids is 1. The van der Waals surface area contributed by atoms with E-state index in [2.05, 4.69) is 0 Å². The minimum atomic E-state index is -0.872. The van der Waals surface area contributed by atoms with Crippen molar-refractivity contribution in [3.05, 3.63) is 0 Å². The summed E-state index contributed by atoms with van der Waals surface area (Å²) in [6.45, 7) is 1.48. The molecule has 0 amide bonds. The van der Waals surface area contributed by atoms with E-state index in [-0.39, 0.29) is 6.42 Å². The van der Waals surface area contributed by atoms with E-state index < -0.39 is 18.2 Å². The van der Waals surface area contributed by atoms with E-state index >= 15 is 0 Å². The van der Waals surface area contributed by atoms with Gasteiger partial charge >= 0.3 is 5.97 Å². The molecule has 0 heterocycles. The maximum Gasteiger partial charge on any atom is 0.303 e. The molecule has 0 aromatic heterocycles. The zero-order valence-corrected chi connectivity index (χ0v) is 6.53. The minimum Gasteiger partial charge on any atom is -0.481 e. The van der Waals surface area contributed by atoms with Crippen LogP contribution in [0.2, 0.25) is 0 Å². The Morgan fingerprint density at radius 2 is 2.00 bits per heavy atom. The second-order valence-corrected chi connectivity index (χ2v) is 2.59.